The predicted octanol–water partition coefficient (Wildman–Crippen LogP) is 1.39. The molecule has 14 heavy (non-hydrogen) atoms. The Bertz CT molecular complexity index is 186. The fraction of sp³-hybridized carbons (Fsp3) is 0.909. The van der Waals surface area contributed by atoms with Gasteiger partial charge in [0.2, 0.25) is 5.91 Å². The van der Waals surface area contributed by atoms with E-state index in [1.807, 2.05) is 0 Å². The molecule has 0 spiro atoms. The monoisotopic (exact) mass is 198 g/mol. The van der Waals surface area contributed by atoms with E-state index in [-0.39, 0.29) is 5.91 Å². The Hall–Kier alpha value is -0.570. The number of rotatable bonds is 3. The van der Waals surface area contributed by atoms with Crippen LogP contribution in [0.2, 0.25) is 0 Å². The van der Waals surface area contributed by atoms with Gasteiger partial charge in [-0.1, -0.05) is 6.92 Å². The molecule has 1 fully saturated rings. The number of nitrogens with one attached hydrogen (secondary N) is 1. The lowest BCUT2D eigenvalue weighted by Gasteiger charge is -2.34. The lowest BCUT2D eigenvalue weighted by molar-refractivity contribution is -0.119. The molecule has 0 aromatic rings. The summed E-state index contributed by atoms with van der Waals surface area (Å²) in [5, 5.41) is 3.00. The topological polar surface area (TPSA) is 32.3 Å². The first-order valence-electron chi connectivity index (χ1n) is 5.60. The summed E-state index contributed by atoms with van der Waals surface area (Å²) in [6, 6.07) is 1.15. The van der Waals surface area contributed by atoms with E-state index in [2.05, 4.69) is 24.2 Å². The summed E-state index contributed by atoms with van der Waals surface area (Å²) in [6.07, 6.45) is 4.70. The zero-order valence-corrected chi connectivity index (χ0v) is 9.55. The van der Waals surface area contributed by atoms with Crippen molar-refractivity contribution in [1.82, 2.24) is 10.2 Å². The maximum Gasteiger partial charge on any atom is 0.217 e. The van der Waals surface area contributed by atoms with E-state index in [1.54, 1.807) is 6.92 Å². The number of nitrogens with zero attached hydrogens (tertiary/aromatic N) is 1. The zero-order valence-electron chi connectivity index (χ0n) is 9.55. The highest BCUT2D eigenvalue weighted by Gasteiger charge is 2.23. The third-order valence-corrected chi connectivity index (χ3v) is 3.23. The maximum absolute atomic E-state index is 10.9. The summed E-state index contributed by atoms with van der Waals surface area (Å²) >= 11 is 0. The molecule has 1 aliphatic rings. The Morgan fingerprint density at radius 3 is 2.36 bits per heavy atom. The molecule has 1 saturated carbocycles. The van der Waals surface area contributed by atoms with E-state index >= 15 is 0 Å². The van der Waals surface area contributed by atoms with Crippen molar-refractivity contribution < 1.29 is 4.79 Å². The van der Waals surface area contributed by atoms with E-state index in [9.17, 15) is 4.79 Å². The van der Waals surface area contributed by atoms with Crippen LogP contribution in [-0.2, 0) is 4.79 Å². The van der Waals surface area contributed by atoms with Gasteiger partial charge in [0.1, 0.15) is 0 Å². The van der Waals surface area contributed by atoms with Gasteiger partial charge in [-0.15, -0.1) is 0 Å². The molecule has 1 N–H and O–H groups in total. The molecular formula is C11H22N2O. The van der Waals surface area contributed by atoms with Crippen LogP contribution in [0.25, 0.3) is 0 Å². The molecule has 0 radical (unpaired) electrons. The van der Waals surface area contributed by atoms with Gasteiger partial charge < -0.3 is 10.2 Å². The van der Waals surface area contributed by atoms with E-state index in [1.165, 1.54) is 12.8 Å². The second kappa shape index (κ2) is 5.35. The summed E-state index contributed by atoms with van der Waals surface area (Å²) in [6.45, 7) is 4.92. The number of hydrogen-bond donors (Lipinski definition) is 1. The highest BCUT2D eigenvalue weighted by Crippen LogP contribution is 2.22. The molecule has 1 rings (SSSR count). The van der Waals surface area contributed by atoms with Crippen LogP contribution in [0.1, 0.15) is 39.5 Å². The molecule has 0 bridgehead atoms. The molecule has 1 aliphatic carbocycles. The van der Waals surface area contributed by atoms with Gasteiger partial charge in [-0.05, 0) is 39.3 Å². The van der Waals surface area contributed by atoms with Crippen LogP contribution in [0.3, 0.4) is 0 Å². The molecule has 82 valence electrons. The van der Waals surface area contributed by atoms with Crippen molar-refractivity contribution in [2.24, 2.45) is 0 Å². The van der Waals surface area contributed by atoms with E-state index < -0.39 is 0 Å². The minimum Gasteiger partial charge on any atom is -0.354 e. The van der Waals surface area contributed by atoms with Crippen LogP contribution in [0, 0.1) is 0 Å². The third-order valence-electron chi connectivity index (χ3n) is 3.23. The fourth-order valence-corrected chi connectivity index (χ4v) is 2.21. The van der Waals surface area contributed by atoms with Gasteiger partial charge in [0, 0.05) is 19.0 Å². The molecule has 0 unspecified atom stereocenters. The van der Waals surface area contributed by atoms with Crippen LogP contribution in [0.15, 0.2) is 0 Å². The van der Waals surface area contributed by atoms with Crippen molar-refractivity contribution in [2.45, 2.75) is 51.6 Å². The maximum atomic E-state index is 10.9. The summed E-state index contributed by atoms with van der Waals surface area (Å²) in [5.74, 6) is 0.109. The predicted molar refractivity (Wildman–Crippen MR) is 58.2 cm³/mol. The largest absolute Gasteiger partial charge is 0.354 e. The first-order chi connectivity index (χ1) is 6.63. The first kappa shape index (κ1) is 11.5. The average Bonchev–Trinajstić information content (AvgIpc) is 2.17. The zero-order chi connectivity index (χ0) is 10.6. The highest BCUT2D eigenvalue weighted by molar-refractivity contribution is 5.73. The van der Waals surface area contributed by atoms with Crippen LogP contribution in [-0.4, -0.2) is 36.5 Å². The molecule has 0 aromatic carbocycles. The number of hydrogen-bond acceptors (Lipinski definition) is 2. The van der Waals surface area contributed by atoms with Crippen molar-refractivity contribution in [2.75, 3.05) is 13.6 Å². The van der Waals surface area contributed by atoms with Crippen LogP contribution < -0.4 is 5.32 Å². The molecule has 0 atom stereocenters. The lowest BCUT2D eigenvalue weighted by atomic mass is 9.90. The lowest BCUT2D eigenvalue weighted by Crippen LogP contribution is -2.42. The smallest absolute Gasteiger partial charge is 0.217 e. The Morgan fingerprint density at radius 1 is 1.36 bits per heavy atom. The van der Waals surface area contributed by atoms with Crippen LogP contribution in [0.4, 0.5) is 0 Å². The molecule has 3 nitrogen and oxygen atoms in total. The Balaban J connectivity index is 2.27. The molecule has 0 heterocycles. The summed E-state index contributed by atoms with van der Waals surface area (Å²) in [4.78, 5) is 13.3. The van der Waals surface area contributed by atoms with E-state index in [4.69, 9.17) is 0 Å². The standard InChI is InChI=1S/C11H22N2O/c1-4-13(3)11-7-5-10(6-8-11)12-9(2)14/h10-11H,4-8H2,1-3H3,(H,12,14). The Morgan fingerprint density at radius 2 is 1.93 bits per heavy atom. The highest BCUT2D eigenvalue weighted by atomic mass is 16.1. The van der Waals surface area contributed by atoms with E-state index in [0.29, 0.717) is 6.04 Å². The number of amides is 1. The summed E-state index contributed by atoms with van der Waals surface area (Å²) in [7, 11) is 2.18. The Kier molecular flexibility index (Phi) is 4.39. The molecule has 1 amide bonds. The molecule has 0 aliphatic heterocycles. The summed E-state index contributed by atoms with van der Waals surface area (Å²) in [5.41, 5.74) is 0. The molecule has 0 aromatic heterocycles. The molecule has 0 saturated heterocycles. The third kappa shape index (κ3) is 3.29. The normalized spacial score (nSPS) is 27.7. The van der Waals surface area contributed by atoms with Gasteiger partial charge >= 0.3 is 0 Å². The van der Waals surface area contributed by atoms with Gasteiger partial charge in [0.15, 0.2) is 0 Å². The second-order valence-corrected chi connectivity index (χ2v) is 4.28. The van der Waals surface area contributed by atoms with E-state index in [0.717, 1.165) is 25.4 Å². The molecular weight excluding hydrogens is 176 g/mol. The van der Waals surface area contributed by atoms with Gasteiger partial charge in [-0.25, -0.2) is 0 Å². The fourth-order valence-electron chi connectivity index (χ4n) is 2.21. The minimum absolute atomic E-state index is 0.109. The van der Waals surface area contributed by atoms with Gasteiger partial charge in [-0.3, -0.25) is 4.79 Å². The Labute approximate surface area is 86.9 Å². The van der Waals surface area contributed by atoms with Gasteiger partial charge in [-0.2, -0.15) is 0 Å². The van der Waals surface area contributed by atoms with Crippen molar-refractivity contribution in [3.63, 3.8) is 0 Å². The minimum atomic E-state index is 0.109. The van der Waals surface area contributed by atoms with Gasteiger partial charge in [0.25, 0.3) is 0 Å². The second-order valence-electron chi connectivity index (χ2n) is 4.28. The van der Waals surface area contributed by atoms with Crippen LogP contribution in [0.5, 0.6) is 0 Å². The van der Waals surface area contributed by atoms with Crippen molar-refractivity contribution >= 4 is 5.91 Å². The number of carbonyl (C=O) groups is 1. The molecule has 3 heteroatoms. The van der Waals surface area contributed by atoms with Crippen molar-refractivity contribution in [3.05, 3.63) is 0 Å². The van der Waals surface area contributed by atoms with Gasteiger partial charge in [0.05, 0.1) is 0 Å². The average molecular weight is 198 g/mol. The van der Waals surface area contributed by atoms with Crippen LogP contribution >= 0.6 is 0 Å². The quantitative estimate of drug-likeness (QED) is 0.743. The summed E-state index contributed by atoms with van der Waals surface area (Å²) < 4.78 is 0. The van der Waals surface area contributed by atoms with Crippen molar-refractivity contribution in [1.29, 1.82) is 0 Å². The SMILES string of the molecule is CCN(C)C1CCC(NC(C)=O)CC1. The number of carbonyl (C=O) groups excluding carboxylic acids is 1. The first-order valence-corrected chi connectivity index (χ1v) is 5.60. The van der Waals surface area contributed by atoms with Crippen molar-refractivity contribution in [3.8, 4) is 0 Å².